The highest BCUT2D eigenvalue weighted by Gasteiger charge is 2.17. The number of aryl methyl sites for hydroxylation is 2. The van der Waals surface area contributed by atoms with Gasteiger partial charge in [-0.1, -0.05) is 6.07 Å². The molecule has 0 aliphatic carbocycles. The molecule has 0 aliphatic heterocycles. The van der Waals surface area contributed by atoms with Gasteiger partial charge in [0, 0.05) is 29.5 Å². The predicted molar refractivity (Wildman–Crippen MR) is 114 cm³/mol. The summed E-state index contributed by atoms with van der Waals surface area (Å²) in [5.74, 6) is 0.848. The molecule has 4 aromatic rings. The molecule has 1 amide bonds. The molecule has 7 nitrogen and oxygen atoms in total. The number of carbonyl (C=O) groups is 1. The van der Waals surface area contributed by atoms with Crippen LogP contribution in [0.5, 0.6) is 17.2 Å². The van der Waals surface area contributed by atoms with Crippen molar-refractivity contribution in [3.8, 4) is 28.6 Å². The summed E-state index contributed by atoms with van der Waals surface area (Å²) in [7, 11) is 1.48. The van der Waals surface area contributed by atoms with E-state index in [2.05, 4.69) is 9.97 Å². The Kier molecular flexibility index (Phi) is 5.02. The number of rotatable bonds is 5. The molecule has 0 radical (unpaired) electrons. The fourth-order valence-corrected chi connectivity index (χ4v) is 3.16. The molecule has 4 rings (SSSR count). The molecule has 30 heavy (non-hydrogen) atoms. The minimum atomic E-state index is -0.592. The van der Waals surface area contributed by atoms with E-state index in [9.17, 15) is 4.79 Å². The zero-order valence-electron chi connectivity index (χ0n) is 16.8. The fourth-order valence-electron chi connectivity index (χ4n) is 3.16. The molecule has 7 heteroatoms. The van der Waals surface area contributed by atoms with Crippen LogP contribution in [0.1, 0.15) is 21.6 Å². The molecular formula is C23H20N4O3. The van der Waals surface area contributed by atoms with Crippen molar-refractivity contribution in [2.75, 3.05) is 7.11 Å². The highest BCUT2D eigenvalue weighted by Crippen LogP contribution is 2.37. The Morgan fingerprint density at radius 1 is 0.967 bits per heavy atom. The molecule has 150 valence electrons. The second-order valence-electron chi connectivity index (χ2n) is 6.80. The van der Waals surface area contributed by atoms with Crippen LogP contribution < -0.4 is 15.2 Å². The van der Waals surface area contributed by atoms with E-state index >= 15 is 0 Å². The lowest BCUT2D eigenvalue weighted by Crippen LogP contribution is -2.12. The SMILES string of the molecule is COc1cc2nccc(Oc3cc(C)c(C)nc3-c3ccccn3)c2cc1C(N)=O. The number of ether oxygens (including phenoxy) is 2. The van der Waals surface area contributed by atoms with Crippen molar-refractivity contribution in [3.05, 3.63) is 71.7 Å². The summed E-state index contributed by atoms with van der Waals surface area (Å²) < 4.78 is 11.6. The molecule has 0 atom stereocenters. The van der Waals surface area contributed by atoms with E-state index in [4.69, 9.17) is 20.2 Å². The summed E-state index contributed by atoms with van der Waals surface area (Å²) >= 11 is 0. The van der Waals surface area contributed by atoms with E-state index in [-0.39, 0.29) is 5.56 Å². The first-order chi connectivity index (χ1) is 14.5. The number of fused-ring (bicyclic) bond motifs is 1. The van der Waals surface area contributed by atoms with Gasteiger partial charge in [0.15, 0.2) is 5.75 Å². The standard InChI is InChI=1S/C23H20N4O3/c1-13-10-21(22(27-14(13)2)17-6-4-5-8-25-17)30-19-7-9-26-18-12-20(29-3)16(23(24)28)11-15(18)19/h4-12H,1-3H3,(H2,24,28). The summed E-state index contributed by atoms with van der Waals surface area (Å²) in [5, 5.41) is 0.636. The molecule has 0 saturated heterocycles. The summed E-state index contributed by atoms with van der Waals surface area (Å²) in [6.07, 6.45) is 3.35. The highest BCUT2D eigenvalue weighted by molar-refractivity contribution is 6.01. The first kappa shape index (κ1) is 19.3. The average Bonchev–Trinajstić information content (AvgIpc) is 2.76. The van der Waals surface area contributed by atoms with Crippen LogP contribution in [0.2, 0.25) is 0 Å². The van der Waals surface area contributed by atoms with Crippen molar-refractivity contribution in [2.45, 2.75) is 13.8 Å². The maximum absolute atomic E-state index is 11.9. The van der Waals surface area contributed by atoms with Crippen LogP contribution in [0, 0.1) is 13.8 Å². The van der Waals surface area contributed by atoms with Gasteiger partial charge >= 0.3 is 0 Å². The van der Waals surface area contributed by atoms with Crippen molar-refractivity contribution >= 4 is 16.8 Å². The van der Waals surface area contributed by atoms with Crippen molar-refractivity contribution in [1.82, 2.24) is 15.0 Å². The van der Waals surface area contributed by atoms with E-state index in [0.29, 0.717) is 39.5 Å². The van der Waals surface area contributed by atoms with Gasteiger partial charge in [-0.05, 0) is 49.7 Å². The van der Waals surface area contributed by atoms with E-state index in [0.717, 1.165) is 11.3 Å². The average molecular weight is 400 g/mol. The van der Waals surface area contributed by atoms with Crippen LogP contribution in [-0.2, 0) is 0 Å². The van der Waals surface area contributed by atoms with Gasteiger partial charge in [0.25, 0.3) is 5.91 Å². The first-order valence-electron chi connectivity index (χ1n) is 9.32. The van der Waals surface area contributed by atoms with Gasteiger partial charge in [-0.2, -0.15) is 0 Å². The molecule has 0 spiro atoms. The fraction of sp³-hybridized carbons (Fsp3) is 0.130. The quantitative estimate of drug-likeness (QED) is 0.539. The van der Waals surface area contributed by atoms with Gasteiger partial charge in [-0.15, -0.1) is 0 Å². The smallest absolute Gasteiger partial charge is 0.252 e. The Morgan fingerprint density at radius 2 is 1.80 bits per heavy atom. The molecule has 0 saturated carbocycles. The van der Waals surface area contributed by atoms with Gasteiger partial charge in [0.2, 0.25) is 0 Å². The van der Waals surface area contributed by atoms with Crippen molar-refractivity contribution in [1.29, 1.82) is 0 Å². The monoisotopic (exact) mass is 400 g/mol. The summed E-state index contributed by atoms with van der Waals surface area (Å²) in [6.45, 7) is 3.91. The molecule has 3 heterocycles. The third-order valence-corrected chi connectivity index (χ3v) is 4.85. The Bertz CT molecular complexity index is 1260. The van der Waals surface area contributed by atoms with E-state index < -0.39 is 5.91 Å². The molecule has 0 fully saturated rings. The minimum absolute atomic E-state index is 0.256. The van der Waals surface area contributed by atoms with Crippen molar-refractivity contribution in [2.24, 2.45) is 5.73 Å². The van der Waals surface area contributed by atoms with Crippen LogP contribution in [-0.4, -0.2) is 28.0 Å². The lowest BCUT2D eigenvalue weighted by Gasteiger charge is -2.15. The van der Waals surface area contributed by atoms with Gasteiger partial charge < -0.3 is 15.2 Å². The van der Waals surface area contributed by atoms with E-state index in [1.165, 1.54) is 7.11 Å². The topological polar surface area (TPSA) is 100 Å². The maximum Gasteiger partial charge on any atom is 0.252 e. The Balaban J connectivity index is 1.88. The Morgan fingerprint density at radius 3 is 2.50 bits per heavy atom. The zero-order valence-corrected chi connectivity index (χ0v) is 16.8. The molecule has 1 aromatic carbocycles. The van der Waals surface area contributed by atoms with Crippen LogP contribution in [0.25, 0.3) is 22.3 Å². The number of methoxy groups -OCH3 is 1. The number of aromatic nitrogens is 3. The molecule has 3 aromatic heterocycles. The first-order valence-corrected chi connectivity index (χ1v) is 9.32. The van der Waals surface area contributed by atoms with E-state index in [1.54, 1.807) is 30.6 Å². The lowest BCUT2D eigenvalue weighted by atomic mass is 10.1. The number of amides is 1. The summed E-state index contributed by atoms with van der Waals surface area (Å²) in [4.78, 5) is 25.3. The van der Waals surface area contributed by atoms with E-state index in [1.807, 2.05) is 38.1 Å². The van der Waals surface area contributed by atoms with Gasteiger partial charge in [-0.3, -0.25) is 14.8 Å². The summed E-state index contributed by atoms with van der Waals surface area (Å²) in [5.41, 5.74) is 9.61. The largest absolute Gasteiger partial charge is 0.496 e. The van der Waals surface area contributed by atoms with Crippen LogP contribution in [0.4, 0.5) is 0 Å². The van der Waals surface area contributed by atoms with Crippen molar-refractivity contribution < 1.29 is 14.3 Å². The number of pyridine rings is 3. The number of hydrogen-bond donors (Lipinski definition) is 1. The third kappa shape index (κ3) is 3.53. The number of primary amides is 1. The van der Waals surface area contributed by atoms with Crippen molar-refractivity contribution in [3.63, 3.8) is 0 Å². The molecule has 2 N–H and O–H groups in total. The zero-order chi connectivity index (χ0) is 21.3. The number of nitrogens with zero attached hydrogens (tertiary/aromatic N) is 3. The summed E-state index contributed by atoms with van der Waals surface area (Å²) in [6, 6.07) is 12.6. The second-order valence-corrected chi connectivity index (χ2v) is 6.80. The van der Waals surface area contributed by atoms with Gasteiger partial charge in [0.1, 0.15) is 17.2 Å². The number of nitrogens with two attached hydrogens (primary N) is 1. The minimum Gasteiger partial charge on any atom is -0.496 e. The van der Waals surface area contributed by atoms with Crippen LogP contribution >= 0.6 is 0 Å². The third-order valence-electron chi connectivity index (χ3n) is 4.85. The molecule has 0 bridgehead atoms. The molecule has 0 aliphatic rings. The number of carbonyl (C=O) groups excluding carboxylic acids is 1. The lowest BCUT2D eigenvalue weighted by molar-refractivity contribution is 0.0997. The highest BCUT2D eigenvalue weighted by atomic mass is 16.5. The molecular weight excluding hydrogens is 380 g/mol. The second kappa shape index (κ2) is 7.79. The number of benzene rings is 1. The van der Waals surface area contributed by atoms with Crippen LogP contribution in [0.3, 0.4) is 0 Å². The Labute approximate surface area is 173 Å². The van der Waals surface area contributed by atoms with Gasteiger partial charge in [0.05, 0.1) is 23.9 Å². The van der Waals surface area contributed by atoms with Gasteiger partial charge in [-0.25, -0.2) is 4.98 Å². The number of hydrogen-bond acceptors (Lipinski definition) is 6. The normalized spacial score (nSPS) is 10.8. The maximum atomic E-state index is 11.9. The molecule has 0 unspecified atom stereocenters. The Hall–Kier alpha value is -4.00. The predicted octanol–water partition coefficient (Wildman–Crippen LogP) is 4.21. The van der Waals surface area contributed by atoms with Crippen LogP contribution in [0.15, 0.2) is 54.9 Å².